The fourth-order valence-electron chi connectivity index (χ4n) is 2.84. The minimum atomic E-state index is -0.652. The van der Waals surface area contributed by atoms with E-state index in [0.29, 0.717) is 5.69 Å². The van der Waals surface area contributed by atoms with Gasteiger partial charge in [-0.05, 0) is 36.4 Å². The number of amides is 1. The first-order chi connectivity index (χ1) is 13.3. The Balaban J connectivity index is 1.56. The lowest BCUT2D eigenvalue weighted by Gasteiger charge is -2.16. The topological polar surface area (TPSA) is 107 Å². The highest BCUT2D eigenvalue weighted by atomic mass is 79.9. The molecule has 0 radical (unpaired) electrons. The van der Waals surface area contributed by atoms with E-state index in [9.17, 15) is 24.5 Å². The molecule has 0 aliphatic carbocycles. The first-order valence-electron chi connectivity index (χ1n) is 8.35. The Kier molecular flexibility index (Phi) is 5.84. The second-order valence-electron chi connectivity index (χ2n) is 6.22. The van der Waals surface area contributed by atoms with Crippen molar-refractivity contribution in [2.75, 3.05) is 18.1 Å². The molecule has 0 saturated carbocycles. The molecule has 144 valence electrons. The summed E-state index contributed by atoms with van der Waals surface area (Å²) < 4.78 is 5.94. The van der Waals surface area contributed by atoms with Gasteiger partial charge in [0.05, 0.1) is 10.8 Å². The molecule has 0 N–H and O–H groups in total. The van der Waals surface area contributed by atoms with Crippen LogP contribution in [0.25, 0.3) is 0 Å². The average molecular weight is 447 g/mol. The number of nitro benzene ring substituents is 1. The van der Waals surface area contributed by atoms with E-state index in [1.54, 1.807) is 24.3 Å². The number of rotatable bonds is 6. The Morgan fingerprint density at radius 1 is 1.14 bits per heavy atom. The highest BCUT2D eigenvalue weighted by Gasteiger charge is 2.36. The normalized spacial score (nSPS) is 16.1. The fourth-order valence-corrected chi connectivity index (χ4v) is 3.11. The van der Waals surface area contributed by atoms with Gasteiger partial charge < -0.3 is 9.64 Å². The van der Waals surface area contributed by atoms with Gasteiger partial charge in [0.15, 0.2) is 12.4 Å². The van der Waals surface area contributed by atoms with Gasteiger partial charge in [0, 0.05) is 40.8 Å². The average Bonchev–Trinajstić information content (AvgIpc) is 3.08. The molecule has 0 bridgehead atoms. The number of ether oxygens (including phenoxy) is 1. The fraction of sp³-hybridized carbons (Fsp3) is 0.211. The monoisotopic (exact) mass is 446 g/mol. The van der Waals surface area contributed by atoms with Crippen LogP contribution in [0.3, 0.4) is 0 Å². The maximum Gasteiger partial charge on any atom is 0.311 e. The minimum Gasteiger partial charge on any atom is -0.457 e. The number of esters is 1. The number of nitrogens with zero attached hydrogens (tertiary/aromatic N) is 2. The molecule has 2 aromatic carbocycles. The van der Waals surface area contributed by atoms with Crippen molar-refractivity contribution in [3.8, 4) is 0 Å². The summed E-state index contributed by atoms with van der Waals surface area (Å²) in [6, 6.07) is 12.2. The van der Waals surface area contributed by atoms with Crippen LogP contribution in [0, 0.1) is 16.0 Å². The molecule has 28 heavy (non-hydrogen) atoms. The number of Topliss-reactive ketones (excluding diaryl/α,β-unsaturated/α-hetero) is 1. The van der Waals surface area contributed by atoms with Crippen molar-refractivity contribution in [1.29, 1.82) is 0 Å². The van der Waals surface area contributed by atoms with Gasteiger partial charge in [0.1, 0.15) is 0 Å². The molecule has 0 unspecified atom stereocenters. The third-order valence-corrected chi connectivity index (χ3v) is 4.87. The maximum atomic E-state index is 12.3. The summed E-state index contributed by atoms with van der Waals surface area (Å²) >= 11 is 3.33. The zero-order valence-electron chi connectivity index (χ0n) is 14.5. The largest absolute Gasteiger partial charge is 0.457 e. The van der Waals surface area contributed by atoms with Crippen LogP contribution in [0.4, 0.5) is 11.4 Å². The van der Waals surface area contributed by atoms with Crippen molar-refractivity contribution in [2.45, 2.75) is 6.42 Å². The Morgan fingerprint density at radius 3 is 2.39 bits per heavy atom. The third-order valence-electron chi connectivity index (χ3n) is 4.34. The van der Waals surface area contributed by atoms with Gasteiger partial charge in [0.25, 0.3) is 5.69 Å². The van der Waals surface area contributed by atoms with Crippen molar-refractivity contribution < 1.29 is 24.0 Å². The van der Waals surface area contributed by atoms with Gasteiger partial charge in [0.2, 0.25) is 5.91 Å². The Morgan fingerprint density at radius 2 is 1.79 bits per heavy atom. The van der Waals surface area contributed by atoms with Crippen LogP contribution in [0.5, 0.6) is 0 Å². The highest BCUT2D eigenvalue weighted by molar-refractivity contribution is 9.10. The highest BCUT2D eigenvalue weighted by Crippen LogP contribution is 2.27. The van der Waals surface area contributed by atoms with Crippen molar-refractivity contribution in [3.05, 3.63) is 68.7 Å². The molecule has 3 rings (SSSR count). The molecule has 1 heterocycles. The standard InChI is InChI=1S/C19H15BrN2O6/c20-14-3-7-15(8-4-14)21-10-13(9-18(21)24)19(25)28-11-17(23)12-1-5-16(6-2-12)22(26)27/h1-8,13H,9-11H2/t13-/m0/s1. The lowest BCUT2D eigenvalue weighted by atomic mass is 10.1. The number of hydrogen-bond acceptors (Lipinski definition) is 6. The first-order valence-corrected chi connectivity index (χ1v) is 9.14. The van der Waals surface area contributed by atoms with Crippen LogP contribution in [0.1, 0.15) is 16.8 Å². The molecule has 1 saturated heterocycles. The van der Waals surface area contributed by atoms with Crippen LogP contribution in [-0.2, 0) is 14.3 Å². The predicted molar refractivity (Wildman–Crippen MR) is 103 cm³/mol. The van der Waals surface area contributed by atoms with E-state index >= 15 is 0 Å². The van der Waals surface area contributed by atoms with Gasteiger partial charge in [-0.1, -0.05) is 15.9 Å². The lowest BCUT2D eigenvalue weighted by Crippen LogP contribution is -2.27. The zero-order valence-corrected chi connectivity index (χ0v) is 16.1. The number of nitro groups is 1. The number of non-ortho nitro benzene ring substituents is 1. The van der Waals surface area contributed by atoms with Crippen molar-refractivity contribution in [1.82, 2.24) is 0 Å². The van der Waals surface area contributed by atoms with E-state index in [2.05, 4.69) is 15.9 Å². The molecular weight excluding hydrogens is 432 g/mol. The van der Waals surface area contributed by atoms with Gasteiger partial charge in [-0.3, -0.25) is 24.5 Å². The first kappa shape index (κ1) is 19.7. The molecule has 1 aliphatic rings. The number of anilines is 1. The molecular formula is C19H15BrN2O6. The summed E-state index contributed by atoms with van der Waals surface area (Å²) in [7, 11) is 0. The van der Waals surface area contributed by atoms with Crippen LogP contribution in [0.2, 0.25) is 0 Å². The van der Waals surface area contributed by atoms with Crippen LogP contribution in [0.15, 0.2) is 53.0 Å². The van der Waals surface area contributed by atoms with Crippen LogP contribution < -0.4 is 4.90 Å². The SMILES string of the molecule is O=C(COC(=O)[C@H]1CC(=O)N(c2ccc(Br)cc2)C1)c1ccc([N+](=O)[O-])cc1. The molecule has 1 fully saturated rings. The molecule has 0 aromatic heterocycles. The van der Waals surface area contributed by atoms with E-state index in [0.717, 1.165) is 4.47 Å². The minimum absolute atomic E-state index is 0.0145. The predicted octanol–water partition coefficient (Wildman–Crippen LogP) is 3.14. The lowest BCUT2D eigenvalue weighted by molar-refractivity contribution is -0.384. The van der Waals surface area contributed by atoms with Gasteiger partial charge >= 0.3 is 5.97 Å². The van der Waals surface area contributed by atoms with Crippen molar-refractivity contribution >= 4 is 45.0 Å². The second-order valence-corrected chi connectivity index (χ2v) is 7.13. The van der Waals surface area contributed by atoms with Gasteiger partial charge in [-0.25, -0.2) is 0 Å². The molecule has 1 aliphatic heterocycles. The summed E-state index contributed by atoms with van der Waals surface area (Å²) in [6.07, 6.45) is 0.0145. The summed E-state index contributed by atoms with van der Waals surface area (Å²) in [5.74, 6) is -1.94. The second kappa shape index (κ2) is 8.30. The smallest absolute Gasteiger partial charge is 0.311 e. The maximum absolute atomic E-state index is 12.3. The van der Waals surface area contributed by atoms with Crippen molar-refractivity contribution in [2.24, 2.45) is 5.92 Å². The summed E-state index contributed by atoms with van der Waals surface area (Å²) in [6.45, 7) is -0.301. The Labute approximate surface area is 168 Å². The molecule has 8 nitrogen and oxygen atoms in total. The quantitative estimate of drug-likeness (QED) is 0.292. The van der Waals surface area contributed by atoms with Crippen molar-refractivity contribution in [3.63, 3.8) is 0 Å². The number of ketones is 1. The molecule has 2 aromatic rings. The number of halogens is 1. The number of carbonyl (C=O) groups excluding carboxylic acids is 3. The number of benzene rings is 2. The summed E-state index contributed by atoms with van der Waals surface area (Å²) in [4.78, 5) is 48.1. The molecule has 0 spiro atoms. The van der Waals surface area contributed by atoms with E-state index in [-0.39, 0.29) is 30.1 Å². The van der Waals surface area contributed by atoms with Crippen LogP contribution in [-0.4, -0.2) is 35.7 Å². The molecule has 9 heteroatoms. The third kappa shape index (κ3) is 4.42. The molecule has 1 amide bonds. The summed E-state index contributed by atoms with van der Waals surface area (Å²) in [5.41, 5.74) is 0.758. The van der Waals surface area contributed by atoms with Gasteiger partial charge in [-0.15, -0.1) is 0 Å². The van der Waals surface area contributed by atoms with Gasteiger partial charge in [-0.2, -0.15) is 0 Å². The van der Waals surface area contributed by atoms with E-state index in [1.807, 2.05) is 0 Å². The van der Waals surface area contributed by atoms with E-state index in [1.165, 1.54) is 29.2 Å². The van der Waals surface area contributed by atoms with E-state index < -0.39 is 29.2 Å². The number of carbonyl (C=O) groups is 3. The van der Waals surface area contributed by atoms with E-state index in [4.69, 9.17) is 4.74 Å². The van der Waals surface area contributed by atoms with Crippen LogP contribution >= 0.6 is 15.9 Å². The Bertz CT molecular complexity index is 926. The Hall–Kier alpha value is -3.07. The molecule has 1 atom stereocenters. The zero-order chi connectivity index (χ0) is 20.3. The summed E-state index contributed by atoms with van der Waals surface area (Å²) in [5, 5.41) is 10.6. The number of hydrogen-bond donors (Lipinski definition) is 0.